The van der Waals surface area contributed by atoms with Crippen LogP contribution in [0, 0.1) is 0 Å². The highest BCUT2D eigenvalue weighted by Gasteiger charge is 2.16. The molecule has 0 saturated carbocycles. The zero-order chi connectivity index (χ0) is 15.7. The zero-order valence-corrected chi connectivity index (χ0v) is 11.5. The predicted molar refractivity (Wildman–Crippen MR) is 82.8 cm³/mol. The van der Waals surface area contributed by atoms with Crippen molar-refractivity contribution in [2.75, 3.05) is 5.32 Å². The number of hydrogen-bond acceptors (Lipinski definition) is 3. The summed E-state index contributed by atoms with van der Waals surface area (Å²) in [7, 11) is 0. The fraction of sp³-hybridized carbons (Fsp3) is 0. The minimum absolute atomic E-state index is 0.0491. The van der Waals surface area contributed by atoms with Crippen molar-refractivity contribution in [1.29, 1.82) is 0 Å². The second-order valence-corrected chi connectivity index (χ2v) is 4.72. The van der Waals surface area contributed by atoms with Gasteiger partial charge < -0.3 is 16.8 Å². The highest BCUT2D eigenvalue weighted by atomic mass is 16.2. The molecule has 0 fully saturated rings. The lowest BCUT2D eigenvalue weighted by Gasteiger charge is -2.03. The number of urea groups is 1. The Morgan fingerprint density at radius 3 is 2.45 bits per heavy atom. The Kier molecular flexibility index (Phi) is 3.23. The van der Waals surface area contributed by atoms with E-state index in [1.807, 2.05) is 42.5 Å². The van der Waals surface area contributed by atoms with Gasteiger partial charge in [0.15, 0.2) is 5.69 Å². The number of benzene rings is 2. The van der Waals surface area contributed by atoms with Crippen molar-refractivity contribution < 1.29 is 9.59 Å². The van der Waals surface area contributed by atoms with E-state index in [2.05, 4.69) is 10.4 Å². The Balaban J connectivity index is 2.09. The van der Waals surface area contributed by atoms with Crippen LogP contribution in [-0.4, -0.2) is 21.7 Å². The van der Waals surface area contributed by atoms with Crippen LogP contribution in [0.5, 0.6) is 0 Å². The second-order valence-electron chi connectivity index (χ2n) is 4.72. The van der Waals surface area contributed by atoms with Crippen LogP contribution in [0.25, 0.3) is 16.5 Å². The molecule has 1 heterocycles. The van der Waals surface area contributed by atoms with Gasteiger partial charge in [-0.15, -0.1) is 0 Å². The molecule has 1 aromatic heterocycles. The van der Waals surface area contributed by atoms with Crippen molar-refractivity contribution in [3.8, 4) is 5.69 Å². The number of carbonyl (C=O) groups excluding carboxylic acids is 2. The number of anilines is 1. The molecule has 2 aromatic carbocycles. The Morgan fingerprint density at radius 1 is 1.05 bits per heavy atom. The molecule has 7 heteroatoms. The van der Waals surface area contributed by atoms with E-state index in [0.717, 1.165) is 16.5 Å². The monoisotopic (exact) mass is 295 g/mol. The maximum absolute atomic E-state index is 11.4. The summed E-state index contributed by atoms with van der Waals surface area (Å²) in [5, 5.41) is 8.56. The summed E-state index contributed by atoms with van der Waals surface area (Å²) in [5.74, 6) is -0.747. The molecule has 0 aliphatic heterocycles. The molecule has 22 heavy (non-hydrogen) atoms. The van der Waals surface area contributed by atoms with Crippen molar-refractivity contribution in [2.45, 2.75) is 0 Å². The fourth-order valence-corrected chi connectivity index (χ4v) is 2.23. The summed E-state index contributed by atoms with van der Waals surface area (Å²) in [6.45, 7) is 0. The third kappa shape index (κ3) is 2.47. The molecule has 0 radical (unpaired) electrons. The maximum atomic E-state index is 11.4. The molecular weight excluding hydrogens is 282 g/mol. The van der Waals surface area contributed by atoms with Gasteiger partial charge in [-0.05, 0) is 22.9 Å². The third-order valence-electron chi connectivity index (χ3n) is 3.20. The molecule has 0 atom stereocenters. The molecule has 0 aliphatic rings. The van der Waals surface area contributed by atoms with E-state index in [9.17, 15) is 9.59 Å². The number of rotatable bonds is 3. The van der Waals surface area contributed by atoms with Crippen molar-refractivity contribution in [2.24, 2.45) is 11.5 Å². The Bertz CT molecular complexity index is 885. The lowest BCUT2D eigenvalue weighted by atomic mass is 10.1. The highest BCUT2D eigenvalue weighted by molar-refractivity contribution is 6.00. The van der Waals surface area contributed by atoms with Crippen LogP contribution < -0.4 is 16.8 Å². The van der Waals surface area contributed by atoms with Gasteiger partial charge in [0.25, 0.3) is 5.91 Å². The van der Waals surface area contributed by atoms with Gasteiger partial charge in [0.1, 0.15) is 0 Å². The molecule has 3 rings (SSSR count). The van der Waals surface area contributed by atoms with E-state index in [4.69, 9.17) is 11.5 Å². The first-order chi connectivity index (χ1) is 10.5. The van der Waals surface area contributed by atoms with E-state index in [0.29, 0.717) is 0 Å². The minimum Gasteiger partial charge on any atom is -0.364 e. The molecule has 0 saturated heterocycles. The van der Waals surface area contributed by atoms with Crippen LogP contribution in [0.1, 0.15) is 10.5 Å². The van der Waals surface area contributed by atoms with Crippen LogP contribution in [-0.2, 0) is 0 Å². The van der Waals surface area contributed by atoms with E-state index >= 15 is 0 Å². The Morgan fingerprint density at radius 2 is 1.77 bits per heavy atom. The average molecular weight is 295 g/mol. The molecule has 3 amide bonds. The SMILES string of the molecule is NC(=O)Nc1cn(-c2ccc3ccccc3c2)nc1C(N)=O. The number of primary amides is 2. The van der Waals surface area contributed by atoms with Crippen LogP contribution in [0.4, 0.5) is 10.5 Å². The minimum atomic E-state index is -0.791. The number of nitrogens with zero attached hydrogens (tertiary/aromatic N) is 2. The molecule has 0 aliphatic carbocycles. The zero-order valence-electron chi connectivity index (χ0n) is 11.5. The van der Waals surface area contributed by atoms with Gasteiger partial charge in [-0.2, -0.15) is 5.10 Å². The summed E-state index contributed by atoms with van der Waals surface area (Å²) >= 11 is 0. The molecule has 5 N–H and O–H groups in total. The van der Waals surface area contributed by atoms with Gasteiger partial charge in [0.05, 0.1) is 17.6 Å². The van der Waals surface area contributed by atoms with E-state index < -0.39 is 11.9 Å². The van der Waals surface area contributed by atoms with E-state index in [-0.39, 0.29) is 11.4 Å². The Labute approximate surface area is 125 Å². The standard InChI is InChI=1S/C15H13N5O2/c16-14(21)13-12(18-15(17)22)8-20(19-13)11-6-5-9-3-1-2-4-10(9)7-11/h1-8H,(H2,16,21)(H3,17,18,22). The van der Waals surface area contributed by atoms with E-state index in [1.165, 1.54) is 10.9 Å². The average Bonchev–Trinajstić information content (AvgIpc) is 2.90. The van der Waals surface area contributed by atoms with Gasteiger partial charge in [-0.1, -0.05) is 30.3 Å². The number of fused-ring (bicyclic) bond motifs is 1. The quantitative estimate of drug-likeness (QED) is 0.681. The van der Waals surface area contributed by atoms with Crippen LogP contribution in [0.2, 0.25) is 0 Å². The summed E-state index contributed by atoms with van der Waals surface area (Å²) in [6, 6.07) is 12.8. The maximum Gasteiger partial charge on any atom is 0.316 e. The van der Waals surface area contributed by atoms with Crippen molar-refractivity contribution in [3.05, 3.63) is 54.4 Å². The molecule has 0 unspecified atom stereocenters. The van der Waals surface area contributed by atoms with Crippen molar-refractivity contribution in [3.63, 3.8) is 0 Å². The first kappa shape index (κ1) is 13.6. The molecule has 0 bridgehead atoms. The normalized spacial score (nSPS) is 10.5. The van der Waals surface area contributed by atoms with Crippen LogP contribution in [0.3, 0.4) is 0 Å². The summed E-state index contributed by atoms with van der Waals surface area (Å²) in [5.41, 5.74) is 11.2. The smallest absolute Gasteiger partial charge is 0.316 e. The predicted octanol–water partition coefficient (Wildman–Crippen LogP) is 1.62. The van der Waals surface area contributed by atoms with Gasteiger partial charge in [0, 0.05) is 0 Å². The first-order valence-corrected chi connectivity index (χ1v) is 6.50. The summed E-state index contributed by atoms with van der Waals surface area (Å²) in [6.07, 6.45) is 1.50. The number of nitrogens with one attached hydrogen (secondary N) is 1. The summed E-state index contributed by atoms with van der Waals surface area (Å²) < 4.78 is 1.47. The molecular formula is C15H13N5O2. The highest BCUT2D eigenvalue weighted by Crippen LogP contribution is 2.21. The van der Waals surface area contributed by atoms with Gasteiger partial charge >= 0.3 is 6.03 Å². The largest absolute Gasteiger partial charge is 0.364 e. The number of nitrogens with two attached hydrogens (primary N) is 2. The number of aromatic nitrogens is 2. The van der Waals surface area contributed by atoms with Gasteiger partial charge in [-0.25, -0.2) is 9.48 Å². The van der Waals surface area contributed by atoms with E-state index in [1.54, 1.807) is 0 Å². The lowest BCUT2D eigenvalue weighted by Crippen LogP contribution is -2.22. The molecule has 3 aromatic rings. The second kappa shape index (κ2) is 5.21. The fourth-order valence-electron chi connectivity index (χ4n) is 2.23. The third-order valence-corrected chi connectivity index (χ3v) is 3.20. The first-order valence-electron chi connectivity index (χ1n) is 6.50. The summed E-state index contributed by atoms with van der Waals surface area (Å²) in [4.78, 5) is 22.4. The van der Waals surface area contributed by atoms with Crippen LogP contribution in [0.15, 0.2) is 48.7 Å². The van der Waals surface area contributed by atoms with Crippen molar-refractivity contribution in [1.82, 2.24) is 9.78 Å². The number of carbonyl (C=O) groups is 2. The van der Waals surface area contributed by atoms with Gasteiger partial charge in [-0.3, -0.25) is 4.79 Å². The lowest BCUT2D eigenvalue weighted by molar-refractivity contribution is 0.0996. The van der Waals surface area contributed by atoms with Gasteiger partial charge in [0.2, 0.25) is 0 Å². The van der Waals surface area contributed by atoms with Crippen molar-refractivity contribution >= 4 is 28.4 Å². The Hall–Kier alpha value is -3.35. The molecule has 110 valence electrons. The number of amides is 3. The molecule has 0 spiro atoms. The number of hydrogen-bond donors (Lipinski definition) is 3. The molecule has 7 nitrogen and oxygen atoms in total. The van der Waals surface area contributed by atoms with Crippen LogP contribution >= 0.6 is 0 Å². The topological polar surface area (TPSA) is 116 Å².